The molecule has 0 spiro atoms. The Bertz CT molecular complexity index is 999. The van der Waals surface area contributed by atoms with Crippen molar-refractivity contribution in [2.45, 2.75) is 19.6 Å². The zero-order chi connectivity index (χ0) is 20.8. The highest BCUT2D eigenvalue weighted by molar-refractivity contribution is 7.99. The smallest absolute Gasteiger partial charge is 0.257 e. The summed E-state index contributed by atoms with van der Waals surface area (Å²) in [6.45, 7) is 3.91. The number of rotatable bonds is 7. The molecule has 1 aromatic heterocycles. The van der Waals surface area contributed by atoms with E-state index in [0.29, 0.717) is 22.1 Å². The average molecular weight is 430 g/mol. The molecule has 0 saturated carbocycles. The molecule has 0 aliphatic rings. The van der Waals surface area contributed by atoms with Crippen LogP contribution in [0.2, 0.25) is 0 Å². The van der Waals surface area contributed by atoms with E-state index >= 15 is 0 Å². The maximum absolute atomic E-state index is 12.9. The summed E-state index contributed by atoms with van der Waals surface area (Å²) >= 11 is 2.77. The van der Waals surface area contributed by atoms with Crippen LogP contribution in [0.25, 0.3) is 0 Å². The SMILES string of the molecule is Cc1cc(C)cc(C(=O)Nc2nc(CSCC(=O)Nc3ccc(F)cc3)cs2)c1. The molecular formula is C21H20FN3O2S2. The fraction of sp³-hybridized carbons (Fsp3) is 0.190. The second-order valence-electron chi connectivity index (χ2n) is 6.52. The van der Waals surface area contributed by atoms with Crippen LogP contribution in [0.3, 0.4) is 0 Å². The summed E-state index contributed by atoms with van der Waals surface area (Å²) in [5, 5.41) is 7.92. The number of thioether (sulfide) groups is 1. The highest BCUT2D eigenvalue weighted by Gasteiger charge is 2.11. The van der Waals surface area contributed by atoms with E-state index in [1.165, 1.54) is 47.4 Å². The van der Waals surface area contributed by atoms with Crippen molar-refractivity contribution >= 4 is 45.7 Å². The zero-order valence-corrected chi connectivity index (χ0v) is 17.6. The van der Waals surface area contributed by atoms with E-state index in [4.69, 9.17) is 0 Å². The van der Waals surface area contributed by atoms with Gasteiger partial charge in [0.2, 0.25) is 5.91 Å². The van der Waals surface area contributed by atoms with E-state index in [9.17, 15) is 14.0 Å². The minimum absolute atomic E-state index is 0.166. The van der Waals surface area contributed by atoms with Gasteiger partial charge in [-0.2, -0.15) is 0 Å². The fourth-order valence-corrected chi connectivity index (χ4v) is 4.21. The van der Waals surface area contributed by atoms with Gasteiger partial charge in [-0.3, -0.25) is 14.9 Å². The van der Waals surface area contributed by atoms with Crippen molar-refractivity contribution in [1.29, 1.82) is 0 Å². The Hall–Kier alpha value is -2.71. The van der Waals surface area contributed by atoms with Crippen LogP contribution in [0.15, 0.2) is 47.8 Å². The van der Waals surface area contributed by atoms with E-state index < -0.39 is 0 Å². The molecular weight excluding hydrogens is 409 g/mol. The van der Waals surface area contributed by atoms with Gasteiger partial charge in [-0.25, -0.2) is 9.37 Å². The number of amides is 2. The summed E-state index contributed by atoms with van der Waals surface area (Å²) in [5.74, 6) is 0.0943. The molecule has 8 heteroatoms. The first-order valence-corrected chi connectivity index (χ1v) is 10.9. The van der Waals surface area contributed by atoms with Gasteiger partial charge < -0.3 is 5.32 Å². The van der Waals surface area contributed by atoms with E-state index in [1.54, 1.807) is 0 Å². The molecule has 150 valence electrons. The van der Waals surface area contributed by atoms with Gasteiger partial charge in [-0.1, -0.05) is 17.2 Å². The standard InChI is InChI=1S/C21H20FN3O2S2/c1-13-7-14(2)9-15(8-13)20(27)25-21-24-18(11-29-21)10-28-12-19(26)23-17-5-3-16(22)4-6-17/h3-9,11H,10,12H2,1-2H3,(H,23,26)(H,24,25,27). The molecule has 1 heterocycles. The Morgan fingerprint density at radius 3 is 2.45 bits per heavy atom. The predicted molar refractivity (Wildman–Crippen MR) is 117 cm³/mol. The number of nitrogens with one attached hydrogen (secondary N) is 2. The van der Waals surface area contributed by atoms with Gasteiger partial charge in [0.25, 0.3) is 5.91 Å². The van der Waals surface area contributed by atoms with Gasteiger partial charge in [0.1, 0.15) is 5.82 Å². The van der Waals surface area contributed by atoms with Crippen LogP contribution in [0.5, 0.6) is 0 Å². The van der Waals surface area contributed by atoms with Crippen LogP contribution in [0, 0.1) is 19.7 Å². The molecule has 0 aliphatic carbocycles. The van der Waals surface area contributed by atoms with Crippen molar-refractivity contribution < 1.29 is 14.0 Å². The van der Waals surface area contributed by atoms with E-state index in [2.05, 4.69) is 15.6 Å². The third kappa shape index (κ3) is 6.40. The number of benzene rings is 2. The van der Waals surface area contributed by atoms with Gasteiger partial charge in [0, 0.05) is 22.4 Å². The van der Waals surface area contributed by atoms with E-state index in [1.807, 2.05) is 37.4 Å². The van der Waals surface area contributed by atoms with Crippen molar-refractivity contribution in [3.8, 4) is 0 Å². The maximum atomic E-state index is 12.9. The molecule has 0 unspecified atom stereocenters. The van der Waals surface area contributed by atoms with Crippen molar-refractivity contribution in [2.75, 3.05) is 16.4 Å². The lowest BCUT2D eigenvalue weighted by molar-refractivity contribution is -0.113. The summed E-state index contributed by atoms with van der Waals surface area (Å²) in [6, 6.07) is 11.3. The first-order chi connectivity index (χ1) is 13.9. The van der Waals surface area contributed by atoms with Crippen LogP contribution >= 0.6 is 23.1 Å². The largest absolute Gasteiger partial charge is 0.325 e. The molecule has 2 N–H and O–H groups in total. The molecule has 2 amide bonds. The number of carbonyl (C=O) groups is 2. The fourth-order valence-electron chi connectivity index (χ4n) is 2.68. The molecule has 0 saturated heterocycles. The number of carbonyl (C=O) groups excluding carboxylic acids is 2. The first kappa shape index (κ1) is 21.0. The van der Waals surface area contributed by atoms with Crippen LogP contribution in [-0.2, 0) is 10.5 Å². The summed E-state index contributed by atoms with van der Waals surface area (Å²) in [4.78, 5) is 28.8. The second kappa shape index (κ2) is 9.67. The summed E-state index contributed by atoms with van der Waals surface area (Å²) in [5.41, 5.74) is 4.02. The Morgan fingerprint density at radius 1 is 1.07 bits per heavy atom. The summed E-state index contributed by atoms with van der Waals surface area (Å²) in [6.07, 6.45) is 0. The van der Waals surface area contributed by atoms with Gasteiger partial charge in [0.05, 0.1) is 11.4 Å². The molecule has 2 aromatic carbocycles. The lowest BCUT2D eigenvalue weighted by atomic mass is 10.1. The van der Waals surface area contributed by atoms with Crippen molar-refractivity contribution in [2.24, 2.45) is 0 Å². The number of anilines is 2. The lowest BCUT2D eigenvalue weighted by Gasteiger charge is -2.05. The number of hydrogen-bond donors (Lipinski definition) is 2. The van der Waals surface area contributed by atoms with Crippen molar-refractivity contribution in [1.82, 2.24) is 4.98 Å². The Morgan fingerprint density at radius 2 is 1.76 bits per heavy atom. The van der Waals surface area contributed by atoms with Crippen LogP contribution in [0.4, 0.5) is 15.2 Å². The Labute approximate surface area is 176 Å². The Balaban J connectivity index is 1.46. The monoisotopic (exact) mass is 429 g/mol. The molecule has 0 atom stereocenters. The molecule has 5 nitrogen and oxygen atoms in total. The van der Waals surface area contributed by atoms with Crippen molar-refractivity contribution in [3.05, 3.63) is 76.0 Å². The van der Waals surface area contributed by atoms with Gasteiger partial charge in [-0.05, 0) is 50.2 Å². The topological polar surface area (TPSA) is 71.1 Å². The summed E-state index contributed by atoms with van der Waals surface area (Å²) in [7, 11) is 0. The van der Waals surface area contributed by atoms with Crippen LogP contribution in [0.1, 0.15) is 27.2 Å². The van der Waals surface area contributed by atoms with E-state index in [0.717, 1.165) is 16.8 Å². The summed E-state index contributed by atoms with van der Waals surface area (Å²) < 4.78 is 12.9. The van der Waals surface area contributed by atoms with Crippen LogP contribution < -0.4 is 10.6 Å². The first-order valence-electron chi connectivity index (χ1n) is 8.86. The molecule has 29 heavy (non-hydrogen) atoms. The normalized spacial score (nSPS) is 10.6. The van der Waals surface area contributed by atoms with Gasteiger partial charge >= 0.3 is 0 Å². The zero-order valence-electron chi connectivity index (χ0n) is 16.0. The maximum Gasteiger partial charge on any atom is 0.257 e. The quantitative estimate of drug-likeness (QED) is 0.553. The number of hydrogen-bond acceptors (Lipinski definition) is 5. The molecule has 0 fully saturated rings. The molecule has 3 aromatic rings. The highest BCUT2D eigenvalue weighted by atomic mass is 32.2. The third-order valence-corrected chi connectivity index (χ3v) is 5.64. The molecule has 0 bridgehead atoms. The highest BCUT2D eigenvalue weighted by Crippen LogP contribution is 2.21. The number of aromatic nitrogens is 1. The molecule has 0 radical (unpaired) electrons. The molecule has 0 aliphatic heterocycles. The average Bonchev–Trinajstić information content (AvgIpc) is 3.10. The van der Waals surface area contributed by atoms with Gasteiger partial charge in [-0.15, -0.1) is 23.1 Å². The number of nitrogens with zero attached hydrogens (tertiary/aromatic N) is 1. The number of thiazole rings is 1. The predicted octanol–water partition coefficient (Wildman–Crippen LogP) is 5.02. The number of aryl methyl sites for hydroxylation is 2. The van der Waals surface area contributed by atoms with Crippen LogP contribution in [-0.4, -0.2) is 22.6 Å². The second-order valence-corrected chi connectivity index (χ2v) is 8.37. The van der Waals surface area contributed by atoms with E-state index in [-0.39, 0.29) is 23.4 Å². The molecule has 3 rings (SSSR count). The van der Waals surface area contributed by atoms with Gasteiger partial charge in [0.15, 0.2) is 5.13 Å². The number of halogens is 1. The Kier molecular flexibility index (Phi) is 7.00. The lowest BCUT2D eigenvalue weighted by Crippen LogP contribution is -2.14. The minimum atomic E-state index is -0.346. The van der Waals surface area contributed by atoms with Crippen molar-refractivity contribution in [3.63, 3.8) is 0 Å². The minimum Gasteiger partial charge on any atom is -0.325 e. The third-order valence-electron chi connectivity index (χ3n) is 3.87.